The smallest absolute Gasteiger partial charge is 0.258 e. The average Bonchev–Trinajstić information content (AvgIpc) is 3.07. The summed E-state index contributed by atoms with van der Waals surface area (Å²) in [6, 6.07) is 15.2. The summed E-state index contributed by atoms with van der Waals surface area (Å²) in [5.74, 6) is -0.418. The number of piperidine rings is 1. The highest BCUT2D eigenvalue weighted by Crippen LogP contribution is 2.31. The molecule has 3 amide bonds. The van der Waals surface area contributed by atoms with Gasteiger partial charge >= 0.3 is 0 Å². The fraction of sp³-hybridized carbons (Fsp3) is 0.346. The molecule has 0 radical (unpaired) electrons. The summed E-state index contributed by atoms with van der Waals surface area (Å²) < 4.78 is 0. The van der Waals surface area contributed by atoms with Crippen LogP contribution in [-0.2, 0) is 16.0 Å². The molecule has 0 bridgehead atoms. The van der Waals surface area contributed by atoms with Gasteiger partial charge in [0.25, 0.3) is 5.91 Å². The molecule has 172 valence electrons. The predicted octanol–water partition coefficient (Wildman–Crippen LogP) is 2.88. The van der Waals surface area contributed by atoms with Crippen LogP contribution < -0.4 is 11.1 Å². The minimum Gasteiger partial charge on any atom is -0.369 e. The number of likely N-dealkylation sites (tertiary alicyclic amines) is 1. The van der Waals surface area contributed by atoms with Crippen molar-refractivity contribution in [3.05, 3.63) is 71.8 Å². The number of nitrogens with zero attached hydrogens (tertiary/aromatic N) is 2. The fourth-order valence-electron chi connectivity index (χ4n) is 4.49. The van der Waals surface area contributed by atoms with Crippen molar-refractivity contribution in [2.75, 3.05) is 31.5 Å². The predicted molar refractivity (Wildman–Crippen MR) is 128 cm³/mol. The number of benzene rings is 2. The van der Waals surface area contributed by atoms with Gasteiger partial charge in [0, 0.05) is 47.9 Å². The van der Waals surface area contributed by atoms with E-state index >= 15 is 0 Å². The lowest BCUT2D eigenvalue weighted by atomic mass is 9.96. The zero-order valence-electron chi connectivity index (χ0n) is 18.8. The van der Waals surface area contributed by atoms with E-state index in [9.17, 15) is 14.4 Å². The van der Waals surface area contributed by atoms with Gasteiger partial charge in [0.1, 0.15) is 0 Å². The molecule has 1 saturated heterocycles. The van der Waals surface area contributed by atoms with E-state index in [1.54, 1.807) is 11.0 Å². The number of carbonyl (C=O) groups excluding carboxylic acids is 3. The molecule has 7 nitrogen and oxygen atoms in total. The fourth-order valence-corrected chi connectivity index (χ4v) is 4.49. The minimum atomic E-state index is -0.186. The topological polar surface area (TPSA) is 95.7 Å². The van der Waals surface area contributed by atoms with Crippen molar-refractivity contribution in [3.63, 3.8) is 0 Å². The summed E-state index contributed by atoms with van der Waals surface area (Å²) in [4.78, 5) is 40.2. The molecule has 2 aliphatic rings. The summed E-state index contributed by atoms with van der Waals surface area (Å²) in [5, 5.41) is 2.90. The first kappa shape index (κ1) is 22.7. The van der Waals surface area contributed by atoms with Crippen LogP contribution in [0.15, 0.2) is 55.1 Å². The van der Waals surface area contributed by atoms with Crippen molar-refractivity contribution in [1.29, 1.82) is 0 Å². The molecule has 0 spiro atoms. The maximum atomic E-state index is 12.5. The van der Waals surface area contributed by atoms with Crippen molar-refractivity contribution < 1.29 is 14.4 Å². The van der Waals surface area contributed by atoms with Crippen LogP contribution in [0.1, 0.15) is 40.7 Å². The quantitative estimate of drug-likeness (QED) is 0.652. The van der Waals surface area contributed by atoms with Crippen LogP contribution in [0.5, 0.6) is 0 Å². The third-order valence-electron chi connectivity index (χ3n) is 6.55. The molecule has 2 aliphatic heterocycles. The molecule has 2 aromatic carbocycles. The van der Waals surface area contributed by atoms with Gasteiger partial charge in [-0.05, 0) is 56.1 Å². The molecular formula is C26H30N4O3. The molecule has 4 rings (SSSR count). The van der Waals surface area contributed by atoms with Gasteiger partial charge in [-0.25, -0.2) is 0 Å². The first-order chi connectivity index (χ1) is 15.9. The van der Waals surface area contributed by atoms with Crippen molar-refractivity contribution >= 4 is 29.1 Å². The number of rotatable bonds is 8. The Kier molecular flexibility index (Phi) is 6.89. The first-order valence-electron chi connectivity index (χ1n) is 11.4. The molecule has 2 heterocycles. The number of amides is 3. The largest absolute Gasteiger partial charge is 0.369 e. The molecule has 2 aromatic rings. The number of hydrogen-bond donors (Lipinski definition) is 2. The van der Waals surface area contributed by atoms with Gasteiger partial charge in [0.2, 0.25) is 11.8 Å². The number of anilines is 1. The van der Waals surface area contributed by atoms with Crippen LogP contribution in [-0.4, -0.2) is 53.7 Å². The Balaban J connectivity index is 1.21. The lowest BCUT2D eigenvalue weighted by Crippen LogP contribution is -2.39. The molecule has 3 N–H and O–H groups in total. The van der Waals surface area contributed by atoms with Crippen molar-refractivity contribution in [3.8, 4) is 0 Å². The summed E-state index contributed by atoms with van der Waals surface area (Å²) in [6.45, 7) is 7.05. The first-order valence-corrected chi connectivity index (χ1v) is 11.4. The number of nitrogens with two attached hydrogens (primary N) is 1. The zero-order chi connectivity index (χ0) is 23.4. The van der Waals surface area contributed by atoms with Gasteiger partial charge in [-0.2, -0.15) is 0 Å². The van der Waals surface area contributed by atoms with E-state index in [0.29, 0.717) is 17.8 Å². The lowest BCUT2D eigenvalue weighted by Gasteiger charge is -2.30. The number of fused-ring (bicyclic) bond motifs is 1. The van der Waals surface area contributed by atoms with Crippen LogP contribution in [0.3, 0.4) is 0 Å². The Bertz CT molecular complexity index is 1020. The summed E-state index contributed by atoms with van der Waals surface area (Å²) in [5.41, 5.74) is 9.44. The highest BCUT2D eigenvalue weighted by atomic mass is 16.2. The Morgan fingerprint density at radius 1 is 1.00 bits per heavy atom. The van der Waals surface area contributed by atoms with Gasteiger partial charge in [0.15, 0.2) is 0 Å². The maximum absolute atomic E-state index is 12.5. The summed E-state index contributed by atoms with van der Waals surface area (Å²) >= 11 is 0. The molecule has 0 atom stereocenters. The third-order valence-corrected chi connectivity index (χ3v) is 6.55. The molecule has 0 saturated carbocycles. The van der Waals surface area contributed by atoms with Gasteiger partial charge in [0.05, 0.1) is 0 Å². The molecule has 0 aliphatic carbocycles. The van der Waals surface area contributed by atoms with E-state index in [-0.39, 0.29) is 30.1 Å². The van der Waals surface area contributed by atoms with E-state index in [0.717, 1.165) is 50.1 Å². The molecule has 33 heavy (non-hydrogen) atoms. The van der Waals surface area contributed by atoms with Crippen LogP contribution in [0.2, 0.25) is 0 Å². The monoisotopic (exact) mass is 446 g/mol. The van der Waals surface area contributed by atoms with Gasteiger partial charge < -0.3 is 20.9 Å². The minimum absolute atomic E-state index is 0.0149. The van der Waals surface area contributed by atoms with E-state index in [1.807, 2.05) is 42.5 Å². The Morgan fingerprint density at radius 3 is 2.30 bits per heavy atom. The number of primary amides is 1. The van der Waals surface area contributed by atoms with Gasteiger partial charge in [-0.3, -0.25) is 14.4 Å². The number of nitrogens with one attached hydrogen (secondary N) is 1. The van der Waals surface area contributed by atoms with E-state index in [1.165, 1.54) is 5.56 Å². The third kappa shape index (κ3) is 5.31. The van der Waals surface area contributed by atoms with Crippen LogP contribution in [0.4, 0.5) is 5.69 Å². The Hall–Kier alpha value is -3.45. The normalized spacial score (nSPS) is 16.7. The number of carbonyl (C=O) groups is 3. The van der Waals surface area contributed by atoms with Crippen LogP contribution in [0.25, 0.3) is 5.70 Å². The van der Waals surface area contributed by atoms with E-state index < -0.39 is 0 Å². The van der Waals surface area contributed by atoms with E-state index in [4.69, 9.17) is 5.73 Å². The highest BCUT2D eigenvalue weighted by Gasteiger charge is 2.30. The summed E-state index contributed by atoms with van der Waals surface area (Å²) in [6.07, 6.45) is 2.78. The second-order valence-electron chi connectivity index (χ2n) is 8.71. The average molecular weight is 447 g/mol. The zero-order valence-corrected chi connectivity index (χ0v) is 18.8. The highest BCUT2D eigenvalue weighted by molar-refractivity contribution is 6.09. The van der Waals surface area contributed by atoms with Crippen molar-refractivity contribution in [2.45, 2.75) is 25.7 Å². The summed E-state index contributed by atoms with van der Waals surface area (Å²) in [7, 11) is 0. The molecular weight excluding hydrogens is 416 g/mol. The van der Waals surface area contributed by atoms with Crippen molar-refractivity contribution in [2.24, 2.45) is 11.7 Å². The second-order valence-corrected chi connectivity index (χ2v) is 8.71. The molecule has 0 aromatic heterocycles. The van der Waals surface area contributed by atoms with Gasteiger partial charge in [-0.15, -0.1) is 0 Å². The van der Waals surface area contributed by atoms with Crippen LogP contribution in [0, 0.1) is 5.92 Å². The molecule has 1 fully saturated rings. The van der Waals surface area contributed by atoms with Crippen LogP contribution >= 0.6 is 0 Å². The standard InChI is InChI=1S/C26H30N4O3/c1-18-22-4-2-3-5-23(22)26(33)30(18)17-13-24(31)28-21-8-6-19(7-9-21)10-14-29-15-11-20(12-16-29)25(27)32/h2-9,20H,1,10-17H2,(H2,27,32)(H,28,31). The molecule has 0 unspecified atom stereocenters. The van der Waals surface area contributed by atoms with Gasteiger partial charge in [-0.1, -0.05) is 36.9 Å². The Labute approximate surface area is 194 Å². The molecule has 7 heteroatoms. The van der Waals surface area contributed by atoms with E-state index in [2.05, 4.69) is 16.8 Å². The SMILES string of the molecule is C=C1c2ccccc2C(=O)N1CCC(=O)Nc1ccc(CCN2CCC(C(N)=O)CC2)cc1. The van der Waals surface area contributed by atoms with Crippen molar-refractivity contribution in [1.82, 2.24) is 9.80 Å². The maximum Gasteiger partial charge on any atom is 0.258 e. The second kappa shape index (κ2) is 10.0. The Morgan fingerprint density at radius 2 is 1.67 bits per heavy atom. The lowest BCUT2D eigenvalue weighted by molar-refractivity contribution is -0.123. The number of hydrogen-bond acceptors (Lipinski definition) is 4.